The molecule has 0 heterocycles. The molecule has 0 amide bonds. The van der Waals surface area contributed by atoms with Crippen molar-refractivity contribution in [3.8, 4) is 11.1 Å². The molecule has 0 aliphatic heterocycles. The van der Waals surface area contributed by atoms with Crippen molar-refractivity contribution in [3.05, 3.63) is 89.0 Å². The Morgan fingerprint density at radius 1 is 0.659 bits per heavy atom. The van der Waals surface area contributed by atoms with Crippen LogP contribution in [0.25, 0.3) is 11.1 Å². The molecule has 0 saturated heterocycles. The average Bonchev–Trinajstić information content (AvgIpc) is 2.83. The Labute approximate surface area is 274 Å². The molecule has 0 bridgehead atoms. The van der Waals surface area contributed by atoms with Crippen LogP contribution in [0.1, 0.15) is 123 Å². The maximum Gasteiger partial charge on any atom is 2.00 e. The van der Waals surface area contributed by atoms with Gasteiger partial charge >= 0.3 is 20.4 Å². The minimum Gasteiger partial charge on any atom is -1.00 e. The first-order valence-corrected chi connectivity index (χ1v) is 16.2. The summed E-state index contributed by atoms with van der Waals surface area (Å²) in [6.45, 7) is 29.3. The second kappa shape index (κ2) is 17.3. The van der Waals surface area contributed by atoms with E-state index in [1.165, 1.54) is 33.4 Å². The summed E-state index contributed by atoms with van der Waals surface area (Å²) >= 11 is 0. The molecule has 1 nitrogen and oxygen atoms in total. The quantitative estimate of drug-likeness (QED) is 0.201. The van der Waals surface area contributed by atoms with Crippen LogP contribution in [0.3, 0.4) is 0 Å². The third kappa shape index (κ3) is 11.2. The van der Waals surface area contributed by atoms with Crippen molar-refractivity contribution in [2.75, 3.05) is 6.54 Å². The summed E-state index contributed by atoms with van der Waals surface area (Å²) in [6, 6.07) is 24.5. The van der Waals surface area contributed by atoms with E-state index < -0.39 is 0 Å². The maximum absolute atomic E-state index is 5.36. The van der Waals surface area contributed by atoms with Crippen molar-refractivity contribution in [1.29, 1.82) is 0 Å². The zero-order valence-electron chi connectivity index (χ0n) is 27.7. The molecule has 4 heteroatoms. The molecule has 0 saturated carbocycles. The van der Waals surface area contributed by atoms with Crippen LogP contribution in [0.15, 0.2) is 66.7 Å². The van der Waals surface area contributed by atoms with Gasteiger partial charge in [-0.3, -0.25) is 0 Å². The molecule has 0 radical (unpaired) electrons. The normalized spacial score (nSPS) is 11.7. The van der Waals surface area contributed by atoms with Crippen LogP contribution in [-0.4, -0.2) is 16.9 Å². The van der Waals surface area contributed by atoms with Crippen LogP contribution in [0.2, 0.25) is 0 Å². The molecule has 0 aliphatic carbocycles. The molecule has 0 unspecified atom stereocenters. The van der Waals surface area contributed by atoms with Crippen molar-refractivity contribution in [2.24, 2.45) is 5.73 Å². The molecule has 230 valence electrons. The topological polar surface area (TPSA) is 26.0 Å². The van der Waals surface area contributed by atoms with Crippen LogP contribution >= 0.6 is 7.92 Å². The molecule has 3 aromatic carbocycles. The molecule has 0 atom stereocenters. The van der Waals surface area contributed by atoms with E-state index in [1.54, 1.807) is 5.30 Å². The summed E-state index contributed by atoms with van der Waals surface area (Å²) in [6.07, 6.45) is 0.987. The smallest absolute Gasteiger partial charge is 1.00 e. The first kappa shape index (κ1) is 40.0. The Kier molecular flexibility index (Phi) is 16.9. The first-order valence-electron chi connectivity index (χ1n) is 14.9. The second-order valence-electron chi connectivity index (χ2n) is 13.8. The fourth-order valence-corrected chi connectivity index (χ4v) is 9.81. The summed E-state index contributed by atoms with van der Waals surface area (Å²) < 4.78 is 0. The van der Waals surface area contributed by atoms with Gasteiger partial charge in [-0.05, 0) is 79.7 Å². The monoisotopic (exact) mass is 686 g/mol. The predicted molar refractivity (Wildman–Crippen MR) is 179 cm³/mol. The van der Waals surface area contributed by atoms with E-state index in [0.717, 1.165) is 13.0 Å². The number of hydrogen-bond donors (Lipinski definition) is 1. The Balaban J connectivity index is 0.00000124. The van der Waals surface area contributed by atoms with Gasteiger partial charge in [0, 0.05) is 0 Å². The summed E-state index contributed by atoms with van der Waals surface area (Å²) in [5.74, 6) is 1.55. The van der Waals surface area contributed by atoms with Gasteiger partial charge in [0.1, 0.15) is 0 Å². The Morgan fingerprint density at radius 2 is 1.10 bits per heavy atom. The Morgan fingerprint density at radius 3 is 1.49 bits per heavy atom. The molecule has 3 aromatic rings. The molecule has 0 aliphatic rings. The number of halogens is 1. The third-order valence-electron chi connectivity index (χ3n) is 7.16. The first-order chi connectivity index (χ1) is 18.1. The minimum absolute atomic E-state index is 0. The Bertz CT molecular complexity index is 1130. The fourth-order valence-electron chi connectivity index (χ4n) is 5.69. The third-order valence-corrected chi connectivity index (χ3v) is 10.7. The summed E-state index contributed by atoms with van der Waals surface area (Å²) in [4.78, 5) is 0. The SMILES string of the molecule is CC(C)c1cc(C(C)C)c(-c2ccccc2P(C(C)(C)C)C(C)(C)C)c(C(C)C)c1.NCCc1ccccc1.[Cl-].[Pd+2]. The maximum atomic E-state index is 5.36. The van der Waals surface area contributed by atoms with E-state index in [9.17, 15) is 0 Å². The van der Waals surface area contributed by atoms with Crippen molar-refractivity contribution in [3.63, 3.8) is 0 Å². The molecule has 2 N–H and O–H groups in total. The van der Waals surface area contributed by atoms with Gasteiger partial charge in [0.2, 0.25) is 0 Å². The van der Waals surface area contributed by atoms with E-state index in [-0.39, 0.29) is 51.1 Å². The van der Waals surface area contributed by atoms with E-state index in [4.69, 9.17) is 5.73 Å². The molecular formula is C37H56ClNPPd+. The molecule has 0 aromatic heterocycles. The Hall–Kier alpha value is -0.998. The standard InChI is InChI=1S/C29H45P.C8H11N.ClH.Pd/c1-19(2)22-17-24(20(3)4)27(25(18-22)21(5)6)23-15-13-14-16-26(23)30(28(7,8)9)29(10,11)12;9-7-6-8-4-2-1-3-5-8;;/h13-21H,1-12H3;1-5H,6-7,9H2;1H;/q;;;+2/p-1. The van der Waals surface area contributed by atoms with Crippen LogP contribution in [-0.2, 0) is 26.8 Å². The van der Waals surface area contributed by atoms with Crippen molar-refractivity contribution in [2.45, 2.75) is 118 Å². The van der Waals surface area contributed by atoms with Crippen LogP contribution < -0.4 is 23.4 Å². The second-order valence-corrected chi connectivity index (χ2v) is 17.6. The molecule has 0 spiro atoms. The van der Waals surface area contributed by atoms with Gasteiger partial charge in [0.15, 0.2) is 0 Å². The van der Waals surface area contributed by atoms with Gasteiger partial charge in [-0.25, -0.2) is 0 Å². The number of benzene rings is 3. The van der Waals surface area contributed by atoms with Gasteiger partial charge < -0.3 is 18.1 Å². The van der Waals surface area contributed by atoms with Crippen LogP contribution in [0.5, 0.6) is 0 Å². The largest absolute Gasteiger partial charge is 2.00 e. The van der Waals surface area contributed by atoms with E-state index in [0.29, 0.717) is 17.8 Å². The number of nitrogens with two attached hydrogens (primary N) is 1. The fraction of sp³-hybridized carbons (Fsp3) is 0.514. The molecular weight excluding hydrogens is 631 g/mol. The zero-order chi connectivity index (χ0) is 29.5. The van der Waals surface area contributed by atoms with Crippen LogP contribution in [0, 0.1) is 0 Å². The molecule has 0 fully saturated rings. The zero-order valence-corrected chi connectivity index (χ0v) is 30.9. The van der Waals surface area contributed by atoms with Gasteiger partial charge in [0.05, 0.1) is 0 Å². The van der Waals surface area contributed by atoms with Crippen molar-refractivity contribution < 1.29 is 32.8 Å². The van der Waals surface area contributed by atoms with Gasteiger partial charge in [-0.2, -0.15) is 0 Å². The van der Waals surface area contributed by atoms with Crippen molar-refractivity contribution in [1.82, 2.24) is 0 Å². The van der Waals surface area contributed by atoms with Gasteiger partial charge in [0.25, 0.3) is 0 Å². The average molecular weight is 688 g/mol. The predicted octanol–water partition coefficient (Wildman–Crippen LogP) is 7.62. The van der Waals surface area contributed by atoms with Gasteiger partial charge in [-0.15, -0.1) is 0 Å². The van der Waals surface area contributed by atoms with E-state index >= 15 is 0 Å². The summed E-state index contributed by atoms with van der Waals surface area (Å²) in [7, 11) is -0.366. The minimum atomic E-state index is -0.366. The number of hydrogen-bond acceptors (Lipinski definition) is 1. The summed E-state index contributed by atoms with van der Waals surface area (Å²) in [5.41, 5.74) is 14.1. The number of rotatable bonds is 7. The van der Waals surface area contributed by atoms with E-state index in [1.807, 2.05) is 18.2 Å². The van der Waals surface area contributed by atoms with Crippen LogP contribution in [0.4, 0.5) is 0 Å². The molecule has 41 heavy (non-hydrogen) atoms. The molecule has 3 rings (SSSR count). The van der Waals surface area contributed by atoms with Gasteiger partial charge in [-0.1, -0.05) is 158 Å². The van der Waals surface area contributed by atoms with Crippen molar-refractivity contribution >= 4 is 13.2 Å². The van der Waals surface area contributed by atoms with E-state index in [2.05, 4.69) is 132 Å². The summed E-state index contributed by atoms with van der Waals surface area (Å²) in [5, 5.41) is 2.06.